The molecule has 0 aliphatic rings. The molecule has 5 heteroatoms. The first-order chi connectivity index (χ1) is 7.48. The van der Waals surface area contributed by atoms with Crippen molar-refractivity contribution >= 4 is 0 Å². The lowest BCUT2D eigenvalue weighted by Crippen LogP contribution is -2.08. The van der Waals surface area contributed by atoms with Crippen LogP contribution >= 0.6 is 0 Å². The summed E-state index contributed by atoms with van der Waals surface area (Å²) in [5.74, 6) is 0. The molecule has 0 saturated heterocycles. The van der Waals surface area contributed by atoms with E-state index in [4.69, 9.17) is 0 Å². The van der Waals surface area contributed by atoms with E-state index in [1.165, 1.54) is 19.3 Å². The van der Waals surface area contributed by atoms with Gasteiger partial charge in [0.05, 0.1) is 0 Å². The van der Waals surface area contributed by atoms with Gasteiger partial charge in [0.2, 0.25) is 0 Å². The molecule has 0 aliphatic heterocycles. The predicted molar refractivity (Wildman–Crippen MR) is 52.5 cm³/mol. The zero-order chi connectivity index (χ0) is 11.8. The van der Waals surface area contributed by atoms with Crippen molar-refractivity contribution in [2.75, 3.05) is 0 Å². The molecular weight excluding hydrogens is 217 g/mol. The Balaban J connectivity index is 2.58. The van der Waals surface area contributed by atoms with Crippen LogP contribution in [0.2, 0.25) is 0 Å². The van der Waals surface area contributed by atoms with Crippen molar-refractivity contribution in [1.82, 2.24) is 9.78 Å². The van der Waals surface area contributed by atoms with Crippen molar-refractivity contribution < 1.29 is 13.2 Å². The monoisotopic (exact) mass is 225 g/mol. The fourth-order valence-corrected chi connectivity index (χ4v) is 1.47. The summed E-state index contributed by atoms with van der Waals surface area (Å²) < 4.78 is 39.1. The van der Waals surface area contributed by atoms with Crippen LogP contribution in [0, 0.1) is 6.07 Å². The Bertz CT molecular complexity index is 486. The van der Waals surface area contributed by atoms with Crippen LogP contribution in [0.5, 0.6) is 0 Å². The van der Waals surface area contributed by atoms with E-state index >= 15 is 0 Å². The Labute approximate surface area is 90.3 Å². The quantitative estimate of drug-likeness (QED) is 0.729. The van der Waals surface area contributed by atoms with E-state index in [1.54, 1.807) is 18.2 Å². The number of aryl methyl sites for hydroxylation is 1. The first kappa shape index (κ1) is 10.7. The molecule has 1 heterocycles. The van der Waals surface area contributed by atoms with Crippen LogP contribution in [-0.4, -0.2) is 9.78 Å². The minimum absolute atomic E-state index is 0.0758. The zero-order valence-electron chi connectivity index (χ0n) is 8.42. The molecule has 0 N–H and O–H groups in total. The maximum atomic E-state index is 12.7. The van der Waals surface area contributed by atoms with Crippen LogP contribution in [0.4, 0.5) is 13.2 Å². The topological polar surface area (TPSA) is 17.8 Å². The molecule has 2 nitrogen and oxygen atoms in total. The van der Waals surface area contributed by atoms with Crippen molar-refractivity contribution in [3.8, 4) is 11.1 Å². The molecule has 0 saturated carbocycles. The standard InChI is InChI=1S/C11H8F3N2/c1-16-7-9(8-5-3-2-4-6-8)10(15-16)11(12,13)14/h2-3,5-7H,1H3. The highest BCUT2D eigenvalue weighted by molar-refractivity contribution is 5.65. The van der Waals surface area contributed by atoms with Crippen LogP contribution in [0.15, 0.2) is 30.5 Å². The average molecular weight is 225 g/mol. The maximum absolute atomic E-state index is 12.7. The Morgan fingerprint density at radius 2 is 2.12 bits per heavy atom. The molecule has 0 fully saturated rings. The van der Waals surface area contributed by atoms with Gasteiger partial charge in [-0.05, 0) is 17.7 Å². The normalized spacial score (nSPS) is 11.8. The van der Waals surface area contributed by atoms with Crippen LogP contribution in [0.3, 0.4) is 0 Å². The second-order valence-electron chi connectivity index (χ2n) is 3.35. The van der Waals surface area contributed by atoms with Gasteiger partial charge in [0, 0.05) is 18.8 Å². The van der Waals surface area contributed by atoms with Gasteiger partial charge in [0.25, 0.3) is 0 Å². The lowest BCUT2D eigenvalue weighted by molar-refractivity contribution is -0.140. The molecule has 0 amide bonds. The van der Waals surface area contributed by atoms with E-state index in [0.29, 0.717) is 5.56 Å². The summed E-state index contributed by atoms with van der Waals surface area (Å²) in [7, 11) is 1.46. The van der Waals surface area contributed by atoms with Crippen LogP contribution in [0.1, 0.15) is 5.69 Å². The van der Waals surface area contributed by atoms with Crippen molar-refractivity contribution in [2.45, 2.75) is 6.18 Å². The molecular formula is C11H8F3N2. The predicted octanol–water partition coefficient (Wildman–Crippen LogP) is 2.91. The van der Waals surface area contributed by atoms with E-state index in [1.807, 2.05) is 0 Å². The average Bonchev–Trinajstić information content (AvgIpc) is 2.61. The van der Waals surface area contributed by atoms with Gasteiger partial charge < -0.3 is 0 Å². The summed E-state index contributed by atoms with van der Waals surface area (Å²) in [4.78, 5) is 0. The fraction of sp³-hybridized carbons (Fsp3) is 0.182. The minimum Gasteiger partial charge on any atom is -0.275 e. The second-order valence-corrected chi connectivity index (χ2v) is 3.35. The van der Waals surface area contributed by atoms with E-state index in [-0.39, 0.29) is 5.56 Å². The van der Waals surface area contributed by atoms with Crippen molar-refractivity contribution in [1.29, 1.82) is 0 Å². The third-order valence-electron chi connectivity index (χ3n) is 2.12. The van der Waals surface area contributed by atoms with Gasteiger partial charge >= 0.3 is 6.18 Å². The molecule has 2 rings (SSSR count). The molecule has 1 radical (unpaired) electrons. The molecule has 1 aromatic carbocycles. The van der Waals surface area contributed by atoms with Crippen LogP contribution in [-0.2, 0) is 13.2 Å². The Morgan fingerprint density at radius 1 is 1.38 bits per heavy atom. The first-order valence-corrected chi connectivity index (χ1v) is 4.56. The Hall–Kier alpha value is -1.78. The Morgan fingerprint density at radius 3 is 2.69 bits per heavy atom. The van der Waals surface area contributed by atoms with E-state index in [9.17, 15) is 13.2 Å². The molecule has 0 aliphatic carbocycles. The lowest BCUT2D eigenvalue weighted by Gasteiger charge is -2.05. The van der Waals surface area contributed by atoms with Gasteiger partial charge in [-0.2, -0.15) is 18.3 Å². The third-order valence-corrected chi connectivity index (χ3v) is 2.12. The summed E-state index contributed by atoms with van der Waals surface area (Å²) in [6.07, 6.45) is -3.08. The molecule has 0 unspecified atom stereocenters. The highest BCUT2D eigenvalue weighted by atomic mass is 19.4. The van der Waals surface area contributed by atoms with Crippen molar-refractivity contribution in [3.05, 3.63) is 42.2 Å². The fourth-order valence-electron chi connectivity index (χ4n) is 1.47. The molecule has 1 aromatic heterocycles. The van der Waals surface area contributed by atoms with Crippen LogP contribution < -0.4 is 0 Å². The number of alkyl halides is 3. The first-order valence-electron chi connectivity index (χ1n) is 4.56. The zero-order valence-corrected chi connectivity index (χ0v) is 8.42. The van der Waals surface area contributed by atoms with Gasteiger partial charge in [-0.1, -0.05) is 18.2 Å². The molecule has 0 bridgehead atoms. The summed E-state index contributed by atoms with van der Waals surface area (Å²) in [5.41, 5.74) is -0.329. The number of nitrogens with zero attached hydrogens (tertiary/aromatic N) is 2. The molecule has 2 aromatic rings. The largest absolute Gasteiger partial charge is 0.435 e. The smallest absolute Gasteiger partial charge is 0.275 e. The number of hydrogen-bond acceptors (Lipinski definition) is 1. The number of hydrogen-bond donors (Lipinski definition) is 0. The molecule has 0 spiro atoms. The van der Waals surface area contributed by atoms with Crippen molar-refractivity contribution in [3.63, 3.8) is 0 Å². The number of aromatic nitrogens is 2. The van der Waals surface area contributed by atoms with E-state index in [2.05, 4.69) is 11.2 Å². The van der Waals surface area contributed by atoms with E-state index < -0.39 is 11.9 Å². The summed E-state index contributed by atoms with van der Waals surface area (Å²) in [6.45, 7) is 0. The summed E-state index contributed by atoms with van der Waals surface area (Å²) in [5, 5.41) is 3.44. The van der Waals surface area contributed by atoms with Crippen molar-refractivity contribution in [2.24, 2.45) is 7.05 Å². The third kappa shape index (κ3) is 1.93. The second kappa shape index (κ2) is 3.66. The van der Waals surface area contributed by atoms with Gasteiger partial charge in [0.1, 0.15) is 0 Å². The summed E-state index contributed by atoms with van der Waals surface area (Å²) in [6, 6.07) is 9.12. The highest BCUT2D eigenvalue weighted by Crippen LogP contribution is 2.35. The number of halogens is 3. The minimum atomic E-state index is -4.44. The Kier molecular flexibility index (Phi) is 2.46. The van der Waals surface area contributed by atoms with Crippen LogP contribution in [0.25, 0.3) is 11.1 Å². The van der Waals surface area contributed by atoms with Gasteiger partial charge in [-0.15, -0.1) is 0 Å². The number of rotatable bonds is 1. The SMILES string of the molecule is Cn1cc(-c2c[c]ccc2)c(C(F)(F)F)n1. The van der Waals surface area contributed by atoms with Gasteiger partial charge in [-0.3, -0.25) is 4.68 Å². The lowest BCUT2D eigenvalue weighted by atomic mass is 10.1. The highest BCUT2D eigenvalue weighted by Gasteiger charge is 2.37. The molecule has 16 heavy (non-hydrogen) atoms. The van der Waals surface area contributed by atoms with Gasteiger partial charge in [0.15, 0.2) is 5.69 Å². The summed E-state index contributed by atoms with van der Waals surface area (Å²) >= 11 is 0. The maximum Gasteiger partial charge on any atom is 0.435 e. The van der Waals surface area contributed by atoms with Gasteiger partial charge in [-0.25, -0.2) is 0 Å². The number of benzene rings is 1. The molecule has 83 valence electrons. The van der Waals surface area contributed by atoms with E-state index in [0.717, 1.165) is 4.68 Å². The molecule has 0 atom stereocenters.